The SMILES string of the molecule is O=Cc1ccc(-c2ccc(-c3ccc(-c4ccc(N(c5ccccc5)c5ccccc5)cc4)cc3)cc2)s1. The Kier molecular flexibility index (Phi) is 6.67. The van der Waals surface area contributed by atoms with Crippen molar-refractivity contribution in [2.45, 2.75) is 0 Å². The maximum Gasteiger partial charge on any atom is 0.160 e. The molecule has 0 fully saturated rings. The molecular formula is C35H25NOS. The Morgan fingerprint density at radius 3 is 1.24 bits per heavy atom. The minimum absolute atomic E-state index is 0.750. The van der Waals surface area contributed by atoms with Crippen LogP contribution >= 0.6 is 11.3 Å². The molecule has 0 radical (unpaired) electrons. The molecule has 0 aliphatic carbocycles. The summed E-state index contributed by atoms with van der Waals surface area (Å²) in [6.45, 7) is 0. The van der Waals surface area contributed by atoms with Gasteiger partial charge in [-0.05, 0) is 76.3 Å². The quantitative estimate of drug-likeness (QED) is 0.200. The summed E-state index contributed by atoms with van der Waals surface area (Å²) in [5.41, 5.74) is 9.22. The topological polar surface area (TPSA) is 20.3 Å². The maximum atomic E-state index is 11.0. The van der Waals surface area contributed by atoms with Crippen molar-refractivity contribution in [3.8, 4) is 32.7 Å². The summed E-state index contributed by atoms with van der Waals surface area (Å²) in [5.74, 6) is 0. The molecule has 0 spiro atoms. The summed E-state index contributed by atoms with van der Waals surface area (Å²) >= 11 is 1.52. The molecule has 0 bridgehead atoms. The lowest BCUT2D eigenvalue weighted by molar-refractivity contribution is 0.112. The van der Waals surface area contributed by atoms with E-state index < -0.39 is 0 Å². The first-order valence-electron chi connectivity index (χ1n) is 12.5. The standard InChI is InChI=1S/C35H25NOS/c37-25-34-23-24-35(38-34)30-17-15-28(16-18-30)26-11-13-27(14-12-26)29-19-21-33(22-20-29)36(31-7-3-1-4-8-31)32-9-5-2-6-10-32/h1-25H. The smallest absolute Gasteiger partial charge is 0.160 e. The Bertz CT molecular complexity index is 1600. The average molecular weight is 508 g/mol. The second kappa shape index (κ2) is 10.7. The van der Waals surface area contributed by atoms with E-state index in [2.05, 4.69) is 126 Å². The molecule has 0 aliphatic rings. The second-order valence-electron chi connectivity index (χ2n) is 9.03. The highest BCUT2D eigenvalue weighted by molar-refractivity contribution is 7.17. The first-order chi connectivity index (χ1) is 18.8. The molecule has 0 saturated heterocycles. The molecule has 0 unspecified atom stereocenters. The van der Waals surface area contributed by atoms with Crippen molar-refractivity contribution < 1.29 is 4.79 Å². The molecule has 6 aromatic rings. The van der Waals surface area contributed by atoms with Gasteiger partial charge in [0.25, 0.3) is 0 Å². The van der Waals surface area contributed by atoms with E-state index in [0.29, 0.717) is 0 Å². The van der Waals surface area contributed by atoms with Crippen molar-refractivity contribution in [3.05, 3.63) is 150 Å². The summed E-state index contributed by atoms with van der Waals surface area (Å²) < 4.78 is 0. The van der Waals surface area contributed by atoms with Crippen LogP contribution in [0.15, 0.2) is 146 Å². The fourth-order valence-electron chi connectivity index (χ4n) is 4.66. The van der Waals surface area contributed by atoms with Gasteiger partial charge in [0, 0.05) is 21.9 Å². The average Bonchev–Trinajstić information content (AvgIpc) is 3.49. The summed E-state index contributed by atoms with van der Waals surface area (Å²) in [4.78, 5) is 15.1. The number of aldehydes is 1. The lowest BCUT2D eigenvalue weighted by atomic mass is 9.99. The number of carbonyl (C=O) groups is 1. The molecule has 0 aliphatic heterocycles. The fraction of sp³-hybridized carbons (Fsp3) is 0. The van der Waals surface area contributed by atoms with Crippen LogP contribution in [0.4, 0.5) is 17.1 Å². The van der Waals surface area contributed by atoms with E-state index in [1.807, 2.05) is 24.3 Å². The van der Waals surface area contributed by atoms with Crippen LogP contribution in [0.25, 0.3) is 32.7 Å². The Balaban J connectivity index is 1.23. The van der Waals surface area contributed by atoms with Gasteiger partial charge in [-0.25, -0.2) is 0 Å². The van der Waals surface area contributed by atoms with Gasteiger partial charge < -0.3 is 4.90 Å². The number of carbonyl (C=O) groups excluding carboxylic acids is 1. The number of benzene rings is 5. The zero-order valence-corrected chi connectivity index (χ0v) is 21.5. The number of para-hydroxylation sites is 2. The van der Waals surface area contributed by atoms with Gasteiger partial charge in [0.15, 0.2) is 6.29 Å². The third-order valence-corrected chi connectivity index (χ3v) is 7.68. The van der Waals surface area contributed by atoms with E-state index in [4.69, 9.17) is 0 Å². The van der Waals surface area contributed by atoms with Gasteiger partial charge in [-0.1, -0.05) is 97.1 Å². The van der Waals surface area contributed by atoms with Crippen LogP contribution in [0.5, 0.6) is 0 Å². The number of hydrogen-bond acceptors (Lipinski definition) is 3. The Morgan fingerprint density at radius 1 is 0.421 bits per heavy atom. The Labute approximate surface area is 227 Å². The fourth-order valence-corrected chi connectivity index (χ4v) is 5.49. The van der Waals surface area contributed by atoms with E-state index >= 15 is 0 Å². The van der Waals surface area contributed by atoms with Crippen LogP contribution in [-0.2, 0) is 0 Å². The molecule has 182 valence electrons. The molecule has 2 nitrogen and oxygen atoms in total. The molecule has 0 N–H and O–H groups in total. The molecule has 1 aromatic heterocycles. The summed E-state index contributed by atoms with van der Waals surface area (Å²) in [6, 6.07) is 50.7. The molecular weight excluding hydrogens is 482 g/mol. The first kappa shape index (κ1) is 23.7. The highest BCUT2D eigenvalue weighted by atomic mass is 32.1. The third-order valence-electron chi connectivity index (χ3n) is 6.62. The van der Waals surface area contributed by atoms with Gasteiger partial charge >= 0.3 is 0 Å². The number of rotatable bonds is 7. The van der Waals surface area contributed by atoms with E-state index in [0.717, 1.165) is 38.7 Å². The third kappa shape index (κ3) is 4.93. The van der Waals surface area contributed by atoms with Crippen molar-refractivity contribution >= 4 is 34.7 Å². The second-order valence-corrected chi connectivity index (χ2v) is 10.1. The van der Waals surface area contributed by atoms with Crippen LogP contribution in [0.2, 0.25) is 0 Å². The molecule has 1 heterocycles. The van der Waals surface area contributed by atoms with Crippen molar-refractivity contribution in [2.75, 3.05) is 4.90 Å². The van der Waals surface area contributed by atoms with Gasteiger partial charge in [-0.2, -0.15) is 0 Å². The lowest BCUT2D eigenvalue weighted by Gasteiger charge is -2.25. The van der Waals surface area contributed by atoms with Crippen molar-refractivity contribution in [1.82, 2.24) is 0 Å². The molecule has 5 aromatic carbocycles. The zero-order chi connectivity index (χ0) is 25.7. The normalized spacial score (nSPS) is 10.7. The molecule has 0 saturated carbocycles. The Morgan fingerprint density at radius 2 is 0.816 bits per heavy atom. The van der Waals surface area contributed by atoms with Crippen LogP contribution in [0.1, 0.15) is 9.67 Å². The monoisotopic (exact) mass is 507 g/mol. The van der Waals surface area contributed by atoms with Gasteiger partial charge in [0.2, 0.25) is 0 Å². The largest absolute Gasteiger partial charge is 0.311 e. The lowest BCUT2D eigenvalue weighted by Crippen LogP contribution is -2.09. The van der Waals surface area contributed by atoms with E-state index in [1.54, 1.807) is 0 Å². The van der Waals surface area contributed by atoms with E-state index in [1.165, 1.54) is 33.6 Å². The molecule has 38 heavy (non-hydrogen) atoms. The molecule has 6 rings (SSSR count). The van der Waals surface area contributed by atoms with Crippen LogP contribution in [0.3, 0.4) is 0 Å². The van der Waals surface area contributed by atoms with Crippen LogP contribution < -0.4 is 4.90 Å². The predicted octanol–water partition coefficient (Wildman–Crippen LogP) is 10.0. The maximum absolute atomic E-state index is 11.0. The van der Waals surface area contributed by atoms with Crippen LogP contribution in [0, 0.1) is 0 Å². The predicted molar refractivity (Wildman–Crippen MR) is 161 cm³/mol. The highest BCUT2D eigenvalue weighted by Gasteiger charge is 2.12. The summed E-state index contributed by atoms with van der Waals surface area (Å²) in [6.07, 6.45) is 0.903. The van der Waals surface area contributed by atoms with Gasteiger partial charge in [0.1, 0.15) is 0 Å². The molecule has 0 atom stereocenters. The minimum atomic E-state index is 0.750. The van der Waals surface area contributed by atoms with E-state index in [-0.39, 0.29) is 0 Å². The zero-order valence-electron chi connectivity index (χ0n) is 20.7. The number of nitrogens with zero attached hydrogens (tertiary/aromatic N) is 1. The first-order valence-corrected chi connectivity index (χ1v) is 13.4. The number of anilines is 3. The van der Waals surface area contributed by atoms with Gasteiger partial charge in [-0.15, -0.1) is 11.3 Å². The molecule has 0 amide bonds. The molecule has 3 heteroatoms. The van der Waals surface area contributed by atoms with Crippen molar-refractivity contribution in [1.29, 1.82) is 0 Å². The van der Waals surface area contributed by atoms with E-state index in [9.17, 15) is 4.79 Å². The number of thiophene rings is 1. The van der Waals surface area contributed by atoms with Crippen LogP contribution in [-0.4, -0.2) is 6.29 Å². The summed E-state index contributed by atoms with van der Waals surface area (Å²) in [5, 5.41) is 0. The van der Waals surface area contributed by atoms with Crippen molar-refractivity contribution in [2.24, 2.45) is 0 Å². The summed E-state index contributed by atoms with van der Waals surface area (Å²) in [7, 11) is 0. The minimum Gasteiger partial charge on any atom is -0.311 e. The van der Waals surface area contributed by atoms with Crippen molar-refractivity contribution in [3.63, 3.8) is 0 Å². The number of hydrogen-bond donors (Lipinski definition) is 0. The highest BCUT2D eigenvalue weighted by Crippen LogP contribution is 2.36. The van der Waals surface area contributed by atoms with Gasteiger partial charge in [0.05, 0.1) is 4.88 Å². The Hall–Kier alpha value is -4.73. The van der Waals surface area contributed by atoms with Gasteiger partial charge in [-0.3, -0.25) is 4.79 Å².